The monoisotopic (exact) mass is 456 g/mol. The van der Waals surface area contributed by atoms with Crippen molar-refractivity contribution in [2.45, 2.75) is 31.1 Å². The molecule has 2 aromatic rings. The molecule has 0 spiro atoms. The fourth-order valence-corrected chi connectivity index (χ4v) is 3.84. The number of nitrogens with one attached hydrogen (secondary N) is 1. The van der Waals surface area contributed by atoms with Crippen molar-refractivity contribution in [3.8, 4) is 18.4 Å². The Morgan fingerprint density at radius 3 is 2.82 bits per heavy atom. The molecular formula is C22H22F2N6O3. The summed E-state index contributed by atoms with van der Waals surface area (Å²) in [5, 5.41) is 15.8. The zero-order valence-corrected chi connectivity index (χ0v) is 17.8. The van der Waals surface area contributed by atoms with Crippen LogP contribution in [-0.2, 0) is 16.8 Å². The van der Waals surface area contributed by atoms with E-state index < -0.39 is 29.5 Å². The van der Waals surface area contributed by atoms with Crippen LogP contribution in [0.4, 0.5) is 19.4 Å². The normalized spacial score (nSPS) is 20.5. The minimum atomic E-state index is -1.59. The highest BCUT2D eigenvalue weighted by molar-refractivity contribution is 6.00. The number of alkyl halides is 1. The third-order valence-corrected chi connectivity index (χ3v) is 5.70. The molecule has 0 saturated carbocycles. The van der Waals surface area contributed by atoms with Gasteiger partial charge in [-0.1, -0.05) is 12.0 Å². The molecule has 1 aliphatic rings. The van der Waals surface area contributed by atoms with Crippen molar-refractivity contribution in [2.24, 2.45) is 5.73 Å². The maximum atomic E-state index is 15.6. The first-order valence-electron chi connectivity index (χ1n) is 9.97. The van der Waals surface area contributed by atoms with Crippen molar-refractivity contribution >= 4 is 17.8 Å². The van der Waals surface area contributed by atoms with Crippen LogP contribution in [0.2, 0.25) is 0 Å². The van der Waals surface area contributed by atoms with Gasteiger partial charge in [0.2, 0.25) is 0 Å². The van der Waals surface area contributed by atoms with Crippen molar-refractivity contribution in [3.05, 3.63) is 46.9 Å². The number of nitrogens with zero attached hydrogens (tertiary/aromatic N) is 4. The molecule has 9 nitrogen and oxygen atoms in total. The van der Waals surface area contributed by atoms with E-state index >= 15 is 4.39 Å². The first-order valence-corrected chi connectivity index (χ1v) is 9.97. The predicted molar refractivity (Wildman–Crippen MR) is 114 cm³/mol. The fraction of sp³-hybridized carbons (Fsp3) is 0.364. The Labute approximate surface area is 189 Å². The number of amides is 2. The number of primary amides is 1. The quantitative estimate of drug-likeness (QED) is 0.642. The zero-order valence-electron chi connectivity index (χ0n) is 17.8. The number of rotatable bonds is 6. The number of carbonyl (C=O) groups is 2. The molecule has 11 heteroatoms. The summed E-state index contributed by atoms with van der Waals surface area (Å²) in [6.07, 6.45) is 3.91. The molecule has 2 heterocycles. The number of halogens is 2. The van der Waals surface area contributed by atoms with E-state index in [-0.39, 0.29) is 37.3 Å². The van der Waals surface area contributed by atoms with E-state index in [1.165, 1.54) is 16.9 Å². The van der Waals surface area contributed by atoms with E-state index in [0.29, 0.717) is 17.7 Å². The maximum Gasteiger partial charge on any atom is 0.412 e. The number of aromatic nitrogens is 2. The van der Waals surface area contributed by atoms with Crippen molar-refractivity contribution < 1.29 is 23.1 Å². The summed E-state index contributed by atoms with van der Waals surface area (Å²) in [6.45, 7) is 0.369. The van der Waals surface area contributed by atoms with Crippen LogP contribution in [0, 0.1) is 29.5 Å². The van der Waals surface area contributed by atoms with Gasteiger partial charge in [-0.15, -0.1) is 6.42 Å². The van der Waals surface area contributed by atoms with Gasteiger partial charge in [0, 0.05) is 37.0 Å². The number of ether oxygens (including phenoxy) is 1. The molecule has 1 aromatic carbocycles. The molecule has 1 fully saturated rings. The van der Waals surface area contributed by atoms with Gasteiger partial charge in [-0.05, 0) is 18.6 Å². The number of carbonyl (C=O) groups excluding carboxylic acids is 2. The largest absolute Gasteiger partial charge is 0.453 e. The number of likely N-dealkylation sites (tertiary alicyclic amines) is 1. The highest BCUT2D eigenvalue weighted by Gasteiger charge is 2.46. The summed E-state index contributed by atoms with van der Waals surface area (Å²) in [5.41, 5.74) is 4.59. The average molecular weight is 456 g/mol. The Morgan fingerprint density at radius 1 is 1.48 bits per heavy atom. The van der Waals surface area contributed by atoms with Crippen LogP contribution in [0.15, 0.2) is 24.4 Å². The first kappa shape index (κ1) is 23.7. The summed E-state index contributed by atoms with van der Waals surface area (Å²) in [5.74, 6) is 0.790. The molecule has 1 aromatic heterocycles. The van der Waals surface area contributed by atoms with Crippen molar-refractivity contribution in [1.29, 1.82) is 5.26 Å². The third-order valence-electron chi connectivity index (χ3n) is 5.70. The van der Waals surface area contributed by atoms with Gasteiger partial charge in [-0.25, -0.2) is 13.6 Å². The van der Waals surface area contributed by atoms with Crippen molar-refractivity contribution in [3.63, 3.8) is 0 Å². The Bertz CT molecular complexity index is 1150. The lowest BCUT2D eigenvalue weighted by Gasteiger charge is -2.43. The predicted octanol–water partition coefficient (Wildman–Crippen LogP) is 2.13. The molecule has 0 radical (unpaired) electrons. The number of benzene rings is 1. The molecule has 33 heavy (non-hydrogen) atoms. The van der Waals surface area contributed by atoms with E-state index in [4.69, 9.17) is 12.2 Å². The second-order valence-corrected chi connectivity index (χ2v) is 7.66. The molecule has 0 bridgehead atoms. The lowest BCUT2D eigenvalue weighted by Crippen LogP contribution is -2.54. The minimum Gasteiger partial charge on any atom is -0.453 e. The topological polar surface area (TPSA) is 126 Å². The Balaban J connectivity index is 1.87. The number of nitriles is 1. The Morgan fingerprint density at radius 2 is 2.24 bits per heavy atom. The van der Waals surface area contributed by atoms with Crippen LogP contribution >= 0.6 is 0 Å². The second-order valence-electron chi connectivity index (χ2n) is 7.66. The number of nitrogens with two attached hydrogens (primary N) is 1. The molecule has 2 amide bonds. The van der Waals surface area contributed by atoms with Crippen molar-refractivity contribution in [1.82, 2.24) is 14.7 Å². The molecule has 3 rings (SSSR count). The van der Waals surface area contributed by atoms with Gasteiger partial charge in [-0.2, -0.15) is 10.4 Å². The number of methoxy groups -OCH3 is 1. The van der Waals surface area contributed by atoms with Gasteiger partial charge in [0.1, 0.15) is 23.1 Å². The van der Waals surface area contributed by atoms with Gasteiger partial charge in [0.25, 0.3) is 5.91 Å². The Kier molecular flexibility index (Phi) is 6.95. The molecule has 1 saturated heterocycles. The molecular weight excluding hydrogens is 434 g/mol. The first-order chi connectivity index (χ1) is 15.7. The summed E-state index contributed by atoms with van der Waals surface area (Å²) in [4.78, 5) is 25.1. The number of piperidine rings is 1. The number of terminal acetylenes is 1. The van der Waals surface area contributed by atoms with Crippen molar-refractivity contribution in [2.75, 3.05) is 25.5 Å². The molecule has 2 atom stereocenters. The highest BCUT2D eigenvalue weighted by atomic mass is 19.1. The van der Waals surface area contributed by atoms with Crippen LogP contribution in [0.1, 0.15) is 34.3 Å². The van der Waals surface area contributed by atoms with Gasteiger partial charge < -0.3 is 10.5 Å². The molecule has 1 aliphatic heterocycles. The summed E-state index contributed by atoms with van der Waals surface area (Å²) < 4.78 is 35.6. The van der Waals surface area contributed by atoms with Gasteiger partial charge in [-0.3, -0.25) is 19.7 Å². The van der Waals surface area contributed by atoms with Crippen LogP contribution in [0.3, 0.4) is 0 Å². The van der Waals surface area contributed by atoms with E-state index in [2.05, 4.69) is 21.1 Å². The van der Waals surface area contributed by atoms with Crippen LogP contribution in [0.5, 0.6) is 0 Å². The number of anilines is 1. The molecule has 3 N–H and O–H groups in total. The van der Waals surface area contributed by atoms with E-state index in [1.807, 2.05) is 6.07 Å². The minimum absolute atomic E-state index is 0.108. The lowest BCUT2D eigenvalue weighted by atomic mass is 9.83. The van der Waals surface area contributed by atoms with Gasteiger partial charge in [0.05, 0.1) is 19.6 Å². The van der Waals surface area contributed by atoms with Crippen LogP contribution in [0.25, 0.3) is 0 Å². The summed E-state index contributed by atoms with van der Waals surface area (Å²) in [7, 11) is 1.13. The summed E-state index contributed by atoms with van der Waals surface area (Å²) in [6, 6.07) is 6.40. The second kappa shape index (κ2) is 9.67. The van der Waals surface area contributed by atoms with Gasteiger partial charge >= 0.3 is 6.09 Å². The van der Waals surface area contributed by atoms with Crippen LogP contribution in [-0.4, -0.2) is 53.1 Å². The molecule has 0 aliphatic carbocycles. The third kappa shape index (κ3) is 4.78. The van der Waals surface area contributed by atoms with Gasteiger partial charge in [0.15, 0.2) is 5.82 Å². The summed E-state index contributed by atoms with van der Waals surface area (Å²) >= 11 is 0. The standard InChI is InChI=1S/C22H22F2N6O3/c1-3-14-4-5-15(17(23)10-14)11-29-9-7-22(6-8-25,18(24)13-29)30-12-16(19(26)31)20(28-30)27-21(32)33-2/h1,4-5,10,12,18H,6-7,9,11,13H2,2H3,(H2,26,31)(H,27,28,32). The van der Waals surface area contributed by atoms with E-state index in [9.17, 15) is 19.2 Å². The smallest absolute Gasteiger partial charge is 0.412 e. The number of hydrogen-bond acceptors (Lipinski definition) is 6. The number of hydrogen-bond donors (Lipinski definition) is 2. The lowest BCUT2D eigenvalue weighted by molar-refractivity contribution is 0.00659. The van der Waals surface area contributed by atoms with E-state index in [0.717, 1.165) is 7.11 Å². The maximum absolute atomic E-state index is 15.6. The fourth-order valence-electron chi connectivity index (χ4n) is 3.84. The SMILES string of the molecule is C#Cc1ccc(CN2CCC(CC#N)(n3cc(C(N)=O)c(NC(=O)OC)n3)C(F)C2)c(F)c1. The Hall–Kier alpha value is -3.96. The molecule has 172 valence electrons. The zero-order chi connectivity index (χ0) is 24.2. The highest BCUT2D eigenvalue weighted by Crippen LogP contribution is 2.37. The van der Waals surface area contributed by atoms with Crippen LogP contribution < -0.4 is 11.1 Å². The van der Waals surface area contributed by atoms with E-state index in [1.54, 1.807) is 17.0 Å². The average Bonchev–Trinajstić information content (AvgIpc) is 3.21. The molecule has 2 unspecified atom stereocenters.